The Morgan fingerprint density at radius 1 is 1.08 bits per heavy atom. The van der Waals surface area contributed by atoms with Gasteiger partial charge in [-0.2, -0.15) is 0 Å². The molecule has 0 aliphatic heterocycles. The fraction of sp³-hybridized carbons (Fsp3) is 0.316. The van der Waals surface area contributed by atoms with Crippen molar-refractivity contribution < 1.29 is 19.4 Å². The monoisotopic (exact) mass is 329 g/mol. The fourth-order valence-electron chi connectivity index (χ4n) is 2.59. The zero-order valence-electron chi connectivity index (χ0n) is 14.2. The Labute approximate surface area is 142 Å². The molecule has 0 aromatic heterocycles. The summed E-state index contributed by atoms with van der Waals surface area (Å²) in [7, 11) is 4.84. The van der Waals surface area contributed by atoms with Crippen molar-refractivity contribution in [1.82, 2.24) is 4.90 Å². The van der Waals surface area contributed by atoms with Gasteiger partial charge in [-0.25, -0.2) is 0 Å². The first-order valence-corrected chi connectivity index (χ1v) is 7.73. The maximum atomic E-state index is 12.6. The quantitative estimate of drug-likeness (QED) is 0.848. The number of aliphatic hydroxyl groups excluding tert-OH is 1. The van der Waals surface area contributed by atoms with Crippen LogP contribution in [0.3, 0.4) is 0 Å². The Morgan fingerprint density at radius 2 is 1.75 bits per heavy atom. The van der Waals surface area contributed by atoms with Gasteiger partial charge in [0.2, 0.25) is 5.91 Å². The Balaban J connectivity index is 2.13. The molecule has 0 radical (unpaired) electrons. The summed E-state index contributed by atoms with van der Waals surface area (Å²) in [5.41, 5.74) is 1.73. The number of carbonyl (C=O) groups is 1. The molecule has 0 unspecified atom stereocenters. The number of likely N-dealkylation sites (N-methyl/N-ethyl adjacent to an activating group) is 1. The fourth-order valence-corrected chi connectivity index (χ4v) is 2.59. The molecule has 0 aliphatic carbocycles. The van der Waals surface area contributed by atoms with Crippen LogP contribution in [-0.4, -0.2) is 43.8 Å². The third-order valence-corrected chi connectivity index (χ3v) is 4.02. The zero-order valence-corrected chi connectivity index (χ0v) is 14.2. The van der Waals surface area contributed by atoms with Crippen molar-refractivity contribution in [3.8, 4) is 11.5 Å². The van der Waals surface area contributed by atoms with Crippen LogP contribution in [0.5, 0.6) is 11.5 Å². The lowest BCUT2D eigenvalue weighted by Crippen LogP contribution is -2.34. The van der Waals surface area contributed by atoms with Crippen LogP contribution in [0.15, 0.2) is 48.5 Å². The van der Waals surface area contributed by atoms with Crippen molar-refractivity contribution in [3.63, 3.8) is 0 Å². The molecule has 0 aliphatic rings. The molecule has 0 saturated heterocycles. The van der Waals surface area contributed by atoms with Gasteiger partial charge in [-0.1, -0.05) is 36.4 Å². The van der Waals surface area contributed by atoms with Gasteiger partial charge in [-0.3, -0.25) is 4.79 Å². The molecule has 0 heterocycles. The topological polar surface area (TPSA) is 59.0 Å². The summed E-state index contributed by atoms with van der Waals surface area (Å²) in [4.78, 5) is 14.2. The van der Waals surface area contributed by atoms with E-state index in [1.807, 2.05) is 36.4 Å². The molecule has 5 nitrogen and oxygen atoms in total. The van der Waals surface area contributed by atoms with Crippen molar-refractivity contribution in [1.29, 1.82) is 0 Å². The van der Waals surface area contributed by atoms with E-state index in [-0.39, 0.29) is 25.0 Å². The van der Waals surface area contributed by atoms with E-state index in [1.54, 1.807) is 38.3 Å². The van der Waals surface area contributed by atoms with Gasteiger partial charge in [0.05, 0.1) is 33.3 Å². The maximum Gasteiger partial charge on any atom is 0.227 e. The smallest absolute Gasteiger partial charge is 0.227 e. The molecule has 128 valence electrons. The molecule has 5 heteroatoms. The van der Waals surface area contributed by atoms with Crippen LogP contribution in [-0.2, 0) is 11.2 Å². The van der Waals surface area contributed by atoms with E-state index in [1.165, 1.54) is 0 Å². The lowest BCUT2D eigenvalue weighted by Gasteiger charge is -2.27. The van der Waals surface area contributed by atoms with Crippen molar-refractivity contribution >= 4 is 5.91 Å². The van der Waals surface area contributed by atoms with Gasteiger partial charge < -0.3 is 19.5 Å². The molecule has 24 heavy (non-hydrogen) atoms. The summed E-state index contributed by atoms with van der Waals surface area (Å²) in [6.07, 6.45) is 0.222. The molecule has 2 aromatic rings. The van der Waals surface area contributed by atoms with Crippen LogP contribution in [0.4, 0.5) is 0 Å². The first-order valence-electron chi connectivity index (χ1n) is 7.73. The molecule has 0 spiro atoms. The van der Waals surface area contributed by atoms with Gasteiger partial charge in [-0.05, 0) is 23.3 Å². The van der Waals surface area contributed by atoms with Crippen molar-refractivity contribution in [2.75, 3.05) is 27.9 Å². The highest BCUT2D eigenvalue weighted by atomic mass is 16.5. The van der Waals surface area contributed by atoms with E-state index in [4.69, 9.17) is 9.47 Å². The Bertz CT molecular complexity index is 672. The number of ether oxygens (including phenoxy) is 2. The van der Waals surface area contributed by atoms with Gasteiger partial charge in [-0.15, -0.1) is 0 Å². The molecule has 0 bridgehead atoms. The minimum absolute atomic E-state index is 0.0786. The number of carbonyl (C=O) groups excluding carboxylic acids is 1. The van der Waals surface area contributed by atoms with E-state index in [2.05, 4.69) is 0 Å². The predicted octanol–water partition coefficient (Wildman–Crippen LogP) is 2.44. The van der Waals surface area contributed by atoms with Crippen molar-refractivity contribution in [3.05, 3.63) is 59.7 Å². The first-order chi connectivity index (χ1) is 11.6. The highest BCUT2D eigenvalue weighted by molar-refractivity contribution is 5.79. The van der Waals surface area contributed by atoms with E-state index >= 15 is 0 Å². The second kappa shape index (κ2) is 8.36. The summed E-state index contributed by atoms with van der Waals surface area (Å²) < 4.78 is 10.5. The molecule has 2 rings (SSSR count). The lowest BCUT2D eigenvalue weighted by molar-refractivity contribution is -0.132. The van der Waals surface area contributed by atoms with E-state index in [0.717, 1.165) is 11.1 Å². The largest absolute Gasteiger partial charge is 0.493 e. The molecule has 0 fully saturated rings. The van der Waals surface area contributed by atoms with Gasteiger partial charge in [0.25, 0.3) is 0 Å². The van der Waals surface area contributed by atoms with E-state index in [0.29, 0.717) is 11.5 Å². The summed E-state index contributed by atoms with van der Waals surface area (Å²) >= 11 is 0. The number of aliphatic hydroxyl groups is 1. The molecule has 1 N–H and O–H groups in total. The van der Waals surface area contributed by atoms with E-state index in [9.17, 15) is 9.90 Å². The van der Waals surface area contributed by atoms with Crippen molar-refractivity contribution in [2.45, 2.75) is 12.5 Å². The highest BCUT2D eigenvalue weighted by Crippen LogP contribution is 2.28. The Kier molecular flexibility index (Phi) is 6.21. The average molecular weight is 329 g/mol. The SMILES string of the molecule is COc1ccc(CC(=O)N(C)[C@@H](CO)c2ccccc2)cc1OC. The van der Waals surface area contributed by atoms with E-state index < -0.39 is 0 Å². The van der Waals surface area contributed by atoms with Crippen molar-refractivity contribution in [2.24, 2.45) is 0 Å². The van der Waals surface area contributed by atoms with Gasteiger partial charge in [0, 0.05) is 7.05 Å². The third-order valence-electron chi connectivity index (χ3n) is 4.02. The number of hydrogen-bond donors (Lipinski definition) is 1. The van der Waals surface area contributed by atoms with Crippen LogP contribution < -0.4 is 9.47 Å². The second-order valence-corrected chi connectivity index (χ2v) is 5.48. The Morgan fingerprint density at radius 3 is 2.33 bits per heavy atom. The van der Waals surface area contributed by atoms with Crippen LogP contribution >= 0.6 is 0 Å². The Hall–Kier alpha value is -2.53. The number of benzene rings is 2. The molecule has 1 atom stereocenters. The molecule has 1 amide bonds. The molecular weight excluding hydrogens is 306 g/mol. The van der Waals surface area contributed by atoms with Gasteiger partial charge in [0.15, 0.2) is 11.5 Å². The summed E-state index contributed by atoms with van der Waals surface area (Å²) in [6, 6.07) is 14.5. The molecule has 2 aromatic carbocycles. The maximum absolute atomic E-state index is 12.6. The number of nitrogens with zero attached hydrogens (tertiary/aromatic N) is 1. The number of hydrogen-bond acceptors (Lipinski definition) is 4. The number of methoxy groups -OCH3 is 2. The lowest BCUT2D eigenvalue weighted by atomic mass is 10.0. The normalized spacial score (nSPS) is 11.7. The average Bonchev–Trinajstić information content (AvgIpc) is 2.63. The second-order valence-electron chi connectivity index (χ2n) is 5.48. The zero-order chi connectivity index (χ0) is 17.5. The summed E-state index contributed by atoms with van der Waals surface area (Å²) in [5, 5.41) is 9.68. The number of rotatable bonds is 7. The summed E-state index contributed by atoms with van der Waals surface area (Å²) in [5.74, 6) is 1.14. The van der Waals surface area contributed by atoms with Crippen LogP contribution in [0.25, 0.3) is 0 Å². The predicted molar refractivity (Wildman–Crippen MR) is 92.3 cm³/mol. The number of amides is 1. The summed E-state index contributed by atoms with van der Waals surface area (Å²) in [6.45, 7) is -0.127. The van der Waals surface area contributed by atoms with Crippen LogP contribution in [0.2, 0.25) is 0 Å². The van der Waals surface area contributed by atoms with Crippen LogP contribution in [0, 0.1) is 0 Å². The third kappa shape index (κ3) is 4.06. The molecular formula is C19H23NO4. The highest BCUT2D eigenvalue weighted by Gasteiger charge is 2.21. The minimum atomic E-state index is -0.362. The van der Waals surface area contributed by atoms with Crippen LogP contribution in [0.1, 0.15) is 17.2 Å². The first kappa shape index (κ1) is 17.8. The van der Waals surface area contributed by atoms with Gasteiger partial charge >= 0.3 is 0 Å². The molecule has 0 saturated carbocycles. The van der Waals surface area contributed by atoms with Gasteiger partial charge in [0.1, 0.15) is 0 Å². The standard InChI is InChI=1S/C19H23NO4/c1-20(16(13-21)15-7-5-4-6-8-15)19(22)12-14-9-10-17(23-2)18(11-14)24-3/h4-11,16,21H,12-13H2,1-3H3/t16-/m0/s1. The minimum Gasteiger partial charge on any atom is -0.493 e.